The molecule has 1 heterocycles. The third kappa shape index (κ3) is 4.41. The number of carboxylic acid groups (broad SMARTS) is 1. The Bertz CT molecular complexity index is 979. The number of hydrogen-bond donors (Lipinski definition) is 3. The van der Waals surface area contributed by atoms with E-state index in [9.17, 15) is 4.79 Å². The Hall–Kier alpha value is -2.83. The number of carboxylic acids is 1. The maximum Gasteiger partial charge on any atom is 0.335 e. The number of aryl methyl sites for hydroxylation is 1. The maximum atomic E-state index is 11.1. The Morgan fingerprint density at radius 3 is 2.46 bits per heavy atom. The van der Waals surface area contributed by atoms with Gasteiger partial charge in [-0.1, -0.05) is 29.3 Å². The molecule has 0 radical (unpaired) electrons. The molecule has 1 aromatic heterocycles. The van der Waals surface area contributed by atoms with Gasteiger partial charge < -0.3 is 15.7 Å². The molecule has 0 aliphatic rings. The third-order valence-electron chi connectivity index (χ3n) is 3.41. The lowest BCUT2D eigenvalue weighted by molar-refractivity contribution is 0.0697. The highest BCUT2D eigenvalue weighted by atomic mass is 35.5. The SMILES string of the molecule is Cc1cc(Nc2cccc(C(=O)O)c2)nc(Nc2ccc(Cl)c(Cl)c2)n1. The molecule has 0 aliphatic heterocycles. The first-order chi connectivity index (χ1) is 12.4. The second kappa shape index (κ2) is 7.59. The molecule has 26 heavy (non-hydrogen) atoms. The lowest BCUT2D eigenvalue weighted by Gasteiger charge is -2.11. The van der Waals surface area contributed by atoms with Crippen LogP contribution in [0.15, 0.2) is 48.5 Å². The minimum Gasteiger partial charge on any atom is -0.478 e. The maximum absolute atomic E-state index is 11.1. The van der Waals surface area contributed by atoms with E-state index in [4.69, 9.17) is 28.3 Å². The highest BCUT2D eigenvalue weighted by Gasteiger charge is 2.07. The second-order valence-corrected chi connectivity index (χ2v) is 6.30. The summed E-state index contributed by atoms with van der Waals surface area (Å²) in [6, 6.07) is 13.4. The van der Waals surface area contributed by atoms with Crippen molar-refractivity contribution in [3.8, 4) is 0 Å². The third-order valence-corrected chi connectivity index (χ3v) is 4.15. The normalized spacial score (nSPS) is 10.4. The van der Waals surface area contributed by atoms with Gasteiger partial charge in [-0.05, 0) is 43.3 Å². The van der Waals surface area contributed by atoms with Crippen molar-refractivity contribution in [3.63, 3.8) is 0 Å². The van der Waals surface area contributed by atoms with Crippen LogP contribution in [0.3, 0.4) is 0 Å². The Kier molecular flexibility index (Phi) is 5.25. The van der Waals surface area contributed by atoms with Crippen molar-refractivity contribution < 1.29 is 9.90 Å². The van der Waals surface area contributed by atoms with E-state index >= 15 is 0 Å². The number of benzene rings is 2. The lowest BCUT2D eigenvalue weighted by atomic mass is 10.2. The average Bonchev–Trinajstić information content (AvgIpc) is 2.58. The van der Waals surface area contributed by atoms with Gasteiger partial charge in [-0.3, -0.25) is 0 Å². The Labute approximate surface area is 159 Å². The predicted molar refractivity (Wildman–Crippen MR) is 103 cm³/mol. The number of aromatic nitrogens is 2. The van der Waals surface area contributed by atoms with Gasteiger partial charge in [0.15, 0.2) is 0 Å². The number of nitrogens with one attached hydrogen (secondary N) is 2. The van der Waals surface area contributed by atoms with Crippen molar-refractivity contribution in [2.24, 2.45) is 0 Å². The fraction of sp³-hybridized carbons (Fsp3) is 0.0556. The Morgan fingerprint density at radius 2 is 1.73 bits per heavy atom. The molecule has 8 heteroatoms. The Morgan fingerprint density at radius 1 is 0.962 bits per heavy atom. The predicted octanol–water partition coefficient (Wildman–Crippen LogP) is 5.28. The van der Waals surface area contributed by atoms with Gasteiger partial charge in [-0.15, -0.1) is 0 Å². The van der Waals surface area contributed by atoms with Crippen LogP contribution in [0.25, 0.3) is 0 Å². The summed E-state index contributed by atoms with van der Waals surface area (Å²) in [4.78, 5) is 19.8. The molecule has 3 rings (SSSR count). The van der Waals surface area contributed by atoms with E-state index in [1.165, 1.54) is 12.1 Å². The highest BCUT2D eigenvalue weighted by Crippen LogP contribution is 2.27. The van der Waals surface area contributed by atoms with Gasteiger partial charge in [0.25, 0.3) is 0 Å². The number of carbonyl (C=O) groups is 1. The molecule has 132 valence electrons. The van der Waals surface area contributed by atoms with Crippen molar-refractivity contribution in [3.05, 3.63) is 69.8 Å². The summed E-state index contributed by atoms with van der Waals surface area (Å²) in [5.74, 6) is -0.0858. The number of nitrogens with zero attached hydrogens (tertiary/aromatic N) is 2. The lowest BCUT2D eigenvalue weighted by Crippen LogP contribution is -2.03. The molecule has 0 fully saturated rings. The van der Waals surface area contributed by atoms with Crippen molar-refractivity contribution in [2.45, 2.75) is 6.92 Å². The molecule has 3 N–H and O–H groups in total. The first-order valence-electron chi connectivity index (χ1n) is 7.59. The van der Waals surface area contributed by atoms with Gasteiger partial charge in [0.1, 0.15) is 5.82 Å². The number of halogens is 2. The van der Waals surface area contributed by atoms with Crippen molar-refractivity contribution in [2.75, 3.05) is 10.6 Å². The monoisotopic (exact) mass is 388 g/mol. The molecular weight excluding hydrogens is 375 g/mol. The molecule has 2 aromatic carbocycles. The zero-order chi connectivity index (χ0) is 18.7. The highest BCUT2D eigenvalue weighted by molar-refractivity contribution is 6.42. The van der Waals surface area contributed by atoms with Crippen molar-refractivity contribution >= 4 is 52.3 Å². The van der Waals surface area contributed by atoms with Crippen LogP contribution in [0.5, 0.6) is 0 Å². The molecule has 0 saturated carbocycles. The van der Waals surface area contributed by atoms with Crippen LogP contribution in [0.2, 0.25) is 10.0 Å². The minimum absolute atomic E-state index is 0.190. The largest absolute Gasteiger partial charge is 0.478 e. The number of anilines is 4. The van der Waals surface area contributed by atoms with E-state index < -0.39 is 5.97 Å². The van der Waals surface area contributed by atoms with Gasteiger partial charge in [-0.2, -0.15) is 4.98 Å². The van der Waals surface area contributed by atoms with E-state index in [2.05, 4.69) is 20.6 Å². The molecule has 0 unspecified atom stereocenters. The van der Waals surface area contributed by atoms with Crippen LogP contribution in [-0.4, -0.2) is 21.0 Å². The summed E-state index contributed by atoms with van der Waals surface area (Å²) in [6.45, 7) is 1.83. The zero-order valence-electron chi connectivity index (χ0n) is 13.6. The quantitative estimate of drug-likeness (QED) is 0.551. The fourth-order valence-corrected chi connectivity index (χ4v) is 2.57. The summed E-state index contributed by atoms with van der Waals surface area (Å²) in [6.07, 6.45) is 0. The van der Waals surface area contributed by atoms with Crippen molar-refractivity contribution in [1.29, 1.82) is 0 Å². The molecular formula is C18H14Cl2N4O2. The number of aromatic carboxylic acids is 1. The van der Waals surface area contributed by atoms with Crippen LogP contribution in [-0.2, 0) is 0 Å². The summed E-state index contributed by atoms with van der Waals surface area (Å²) in [5, 5.41) is 16.1. The van der Waals surface area contributed by atoms with E-state index in [1.807, 2.05) is 6.92 Å². The van der Waals surface area contributed by atoms with Crippen LogP contribution in [0, 0.1) is 6.92 Å². The van der Waals surface area contributed by atoms with Gasteiger partial charge in [-0.25, -0.2) is 9.78 Å². The zero-order valence-corrected chi connectivity index (χ0v) is 15.1. The van der Waals surface area contributed by atoms with E-state index in [0.717, 1.165) is 5.69 Å². The fourth-order valence-electron chi connectivity index (χ4n) is 2.27. The number of rotatable bonds is 5. The van der Waals surface area contributed by atoms with E-state index in [0.29, 0.717) is 33.2 Å². The van der Waals surface area contributed by atoms with Gasteiger partial charge in [0.2, 0.25) is 5.95 Å². The molecule has 0 spiro atoms. The first-order valence-corrected chi connectivity index (χ1v) is 8.34. The molecule has 6 nitrogen and oxygen atoms in total. The van der Waals surface area contributed by atoms with Gasteiger partial charge >= 0.3 is 5.97 Å². The standard InChI is InChI=1S/C18H14Cl2N4O2/c1-10-7-16(22-12-4-2-3-11(8-12)17(25)26)24-18(21-10)23-13-5-6-14(19)15(20)9-13/h2-9H,1H3,(H,25,26)(H2,21,22,23,24). The van der Waals surface area contributed by atoms with Crippen LogP contribution in [0.1, 0.15) is 16.1 Å². The summed E-state index contributed by atoms with van der Waals surface area (Å²) < 4.78 is 0. The van der Waals surface area contributed by atoms with Gasteiger partial charge in [0.05, 0.1) is 15.6 Å². The van der Waals surface area contributed by atoms with E-state index in [1.54, 1.807) is 36.4 Å². The molecule has 3 aromatic rings. The van der Waals surface area contributed by atoms with Crippen molar-refractivity contribution in [1.82, 2.24) is 9.97 Å². The molecule has 0 aliphatic carbocycles. The van der Waals surface area contributed by atoms with Gasteiger partial charge in [0, 0.05) is 23.1 Å². The molecule has 0 amide bonds. The average molecular weight is 389 g/mol. The summed E-state index contributed by atoms with van der Waals surface area (Å²) >= 11 is 11.9. The summed E-state index contributed by atoms with van der Waals surface area (Å²) in [7, 11) is 0. The smallest absolute Gasteiger partial charge is 0.335 e. The topological polar surface area (TPSA) is 87.1 Å². The first kappa shape index (κ1) is 18.0. The second-order valence-electron chi connectivity index (χ2n) is 5.48. The summed E-state index contributed by atoms with van der Waals surface area (Å²) in [5.41, 5.74) is 2.24. The minimum atomic E-state index is -0.991. The van der Waals surface area contributed by atoms with Crippen LogP contribution >= 0.6 is 23.2 Å². The Balaban J connectivity index is 1.84. The molecule has 0 atom stereocenters. The van der Waals surface area contributed by atoms with Crippen LogP contribution < -0.4 is 10.6 Å². The molecule has 0 saturated heterocycles. The molecule has 0 bridgehead atoms. The van der Waals surface area contributed by atoms with E-state index in [-0.39, 0.29) is 5.56 Å². The number of hydrogen-bond acceptors (Lipinski definition) is 5. The van der Waals surface area contributed by atoms with Crippen LogP contribution in [0.4, 0.5) is 23.1 Å².